The summed E-state index contributed by atoms with van der Waals surface area (Å²) in [5.41, 5.74) is 6.17. The normalized spacial score (nSPS) is 10.2. The van der Waals surface area contributed by atoms with E-state index in [2.05, 4.69) is 10.4 Å². The lowest BCUT2D eigenvalue weighted by Gasteiger charge is -2.04. The van der Waals surface area contributed by atoms with E-state index >= 15 is 0 Å². The Bertz CT molecular complexity index is 463. The molecule has 2 rings (SSSR count). The van der Waals surface area contributed by atoms with E-state index in [0.717, 1.165) is 0 Å². The van der Waals surface area contributed by atoms with Gasteiger partial charge in [0.25, 0.3) is 5.91 Å². The molecule has 0 spiro atoms. The van der Waals surface area contributed by atoms with E-state index in [4.69, 9.17) is 5.73 Å². The van der Waals surface area contributed by atoms with Crippen molar-refractivity contribution in [2.75, 3.05) is 12.3 Å². The number of nitrogens with one attached hydrogen (secondary N) is 1. The fourth-order valence-electron chi connectivity index (χ4n) is 1.30. The third kappa shape index (κ3) is 2.40. The van der Waals surface area contributed by atoms with E-state index in [0.29, 0.717) is 23.7 Å². The highest BCUT2D eigenvalue weighted by Crippen LogP contribution is 2.17. The molecule has 0 bridgehead atoms. The first-order valence-electron chi connectivity index (χ1n) is 4.86. The van der Waals surface area contributed by atoms with E-state index in [1.54, 1.807) is 22.3 Å². The van der Waals surface area contributed by atoms with Crippen LogP contribution < -0.4 is 11.1 Å². The van der Waals surface area contributed by atoms with Gasteiger partial charge in [-0.3, -0.25) is 9.48 Å². The topological polar surface area (TPSA) is 72.9 Å². The van der Waals surface area contributed by atoms with Gasteiger partial charge in [-0.15, -0.1) is 11.3 Å². The minimum atomic E-state index is -0.125. The summed E-state index contributed by atoms with van der Waals surface area (Å²) >= 11 is 1.35. The number of amides is 1. The summed E-state index contributed by atoms with van der Waals surface area (Å²) in [6, 6.07) is 3.58. The van der Waals surface area contributed by atoms with Crippen molar-refractivity contribution in [1.29, 1.82) is 0 Å². The van der Waals surface area contributed by atoms with Crippen LogP contribution in [0.5, 0.6) is 0 Å². The first-order valence-corrected chi connectivity index (χ1v) is 5.74. The Balaban J connectivity index is 1.83. The van der Waals surface area contributed by atoms with Gasteiger partial charge in [-0.25, -0.2) is 0 Å². The largest absolute Gasteiger partial charge is 0.397 e. The molecule has 0 unspecified atom stereocenters. The van der Waals surface area contributed by atoms with Gasteiger partial charge in [-0.05, 0) is 17.5 Å². The Morgan fingerprint density at radius 2 is 2.50 bits per heavy atom. The lowest BCUT2D eigenvalue weighted by atomic mass is 10.4. The Morgan fingerprint density at radius 3 is 3.12 bits per heavy atom. The van der Waals surface area contributed by atoms with Crippen molar-refractivity contribution in [3.05, 3.63) is 34.8 Å². The number of thiophene rings is 1. The van der Waals surface area contributed by atoms with Crippen molar-refractivity contribution in [3.63, 3.8) is 0 Å². The number of nitrogens with two attached hydrogens (primary N) is 1. The highest BCUT2D eigenvalue weighted by molar-refractivity contribution is 7.12. The minimum absolute atomic E-state index is 0.125. The van der Waals surface area contributed by atoms with Crippen LogP contribution in [-0.2, 0) is 6.54 Å². The number of aromatic nitrogens is 2. The second kappa shape index (κ2) is 4.80. The molecule has 0 atom stereocenters. The van der Waals surface area contributed by atoms with Crippen LogP contribution in [0.1, 0.15) is 9.67 Å². The molecule has 0 aliphatic heterocycles. The van der Waals surface area contributed by atoms with Gasteiger partial charge in [-0.2, -0.15) is 5.10 Å². The summed E-state index contributed by atoms with van der Waals surface area (Å²) < 4.78 is 1.76. The van der Waals surface area contributed by atoms with E-state index < -0.39 is 0 Å². The molecule has 0 aromatic carbocycles. The number of hydrogen-bond donors (Lipinski definition) is 2. The lowest BCUT2D eigenvalue weighted by molar-refractivity contribution is 0.0957. The first-order chi connectivity index (χ1) is 7.77. The quantitative estimate of drug-likeness (QED) is 0.830. The number of rotatable bonds is 4. The van der Waals surface area contributed by atoms with Gasteiger partial charge in [-0.1, -0.05) is 0 Å². The smallest absolute Gasteiger partial charge is 0.263 e. The van der Waals surface area contributed by atoms with Crippen molar-refractivity contribution in [3.8, 4) is 0 Å². The third-order valence-electron chi connectivity index (χ3n) is 2.09. The summed E-state index contributed by atoms with van der Waals surface area (Å²) in [6.07, 6.45) is 3.56. The highest BCUT2D eigenvalue weighted by atomic mass is 32.1. The summed E-state index contributed by atoms with van der Waals surface area (Å²) in [5.74, 6) is -0.125. The Morgan fingerprint density at radius 1 is 1.62 bits per heavy atom. The number of anilines is 1. The number of carbonyl (C=O) groups excluding carboxylic acids is 1. The van der Waals surface area contributed by atoms with Crippen molar-refractivity contribution >= 4 is 22.9 Å². The maximum absolute atomic E-state index is 11.6. The van der Waals surface area contributed by atoms with Crippen LogP contribution >= 0.6 is 11.3 Å². The molecule has 0 saturated carbocycles. The average molecular weight is 236 g/mol. The van der Waals surface area contributed by atoms with Crippen LogP contribution in [0.2, 0.25) is 0 Å². The van der Waals surface area contributed by atoms with Crippen LogP contribution in [0.4, 0.5) is 5.69 Å². The monoisotopic (exact) mass is 236 g/mol. The van der Waals surface area contributed by atoms with Crippen LogP contribution in [-0.4, -0.2) is 22.2 Å². The second-order valence-electron chi connectivity index (χ2n) is 3.23. The lowest BCUT2D eigenvalue weighted by Crippen LogP contribution is -2.27. The van der Waals surface area contributed by atoms with E-state index in [1.807, 2.05) is 12.3 Å². The molecular formula is C10H12N4OS. The molecule has 2 aromatic heterocycles. The zero-order valence-corrected chi connectivity index (χ0v) is 9.41. The molecule has 0 aliphatic carbocycles. The van der Waals surface area contributed by atoms with E-state index in [9.17, 15) is 4.79 Å². The predicted molar refractivity (Wildman–Crippen MR) is 63.3 cm³/mol. The first kappa shape index (κ1) is 10.7. The molecule has 84 valence electrons. The molecule has 0 aliphatic rings. The van der Waals surface area contributed by atoms with Gasteiger partial charge < -0.3 is 11.1 Å². The number of carbonyl (C=O) groups is 1. The minimum Gasteiger partial charge on any atom is -0.397 e. The average Bonchev–Trinajstić information content (AvgIpc) is 2.88. The molecule has 16 heavy (non-hydrogen) atoms. The molecule has 3 N–H and O–H groups in total. The van der Waals surface area contributed by atoms with Gasteiger partial charge in [0.05, 0.1) is 12.2 Å². The maximum atomic E-state index is 11.6. The van der Waals surface area contributed by atoms with Crippen LogP contribution in [0, 0.1) is 0 Å². The Hall–Kier alpha value is -1.82. The fraction of sp³-hybridized carbons (Fsp3) is 0.200. The maximum Gasteiger partial charge on any atom is 0.263 e. The number of hydrogen-bond acceptors (Lipinski definition) is 4. The van der Waals surface area contributed by atoms with Crippen molar-refractivity contribution in [2.45, 2.75) is 6.54 Å². The van der Waals surface area contributed by atoms with Crippen LogP contribution in [0.15, 0.2) is 29.9 Å². The molecule has 1 amide bonds. The molecule has 2 aromatic rings. The standard InChI is InChI=1S/C10H12N4OS/c11-8-2-7-16-9(8)10(15)12-4-6-14-5-1-3-13-14/h1-3,5,7H,4,6,11H2,(H,12,15). The third-order valence-corrected chi connectivity index (χ3v) is 3.02. The summed E-state index contributed by atoms with van der Waals surface area (Å²) in [5, 5.41) is 8.63. The summed E-state index contributed by atoms with van der Waals surface area (Å²) in [6.45, 7) is 1.20. The van der Waals surface area contributed by atoms with Crippen molar-refractivity contribution in [2.24, 2.45) is 0 Å². The Labute approximate surface area is 96.9 Å². The van der Waals surface area contributed by atoms with Crippen LogP contribution in [0.3, 0.4) is 0 Å². The van der Waals surface area contributed by atoms with E-state index in [1.165, 1.54) is 11.3 Å². The highest BCUT2D eigenvalue weighted by Gasteiger charge is 2.09. The summed E-state index contributed by atoms with van der Waals surface area (Å²) in [7, 11) is 0. The molecule has 0 radical (unpaired) electrons. The molecule has 0 saturated heterocycles. The van der Waals surface area contributed by atoms with Crippen molar-refractivity contribution < 1.29 is 4.79 Å². The van der Waals surface area contributed by atoms with Crippen molar-refractivity contribution in [1.82, 2.24) is 15.1 Å². The number of nitrogens with zero attached hydrogens (tertiary/aromatic N) is 2. The zero-order chi connectivity index (χ0) is 11.4. The number of nitrogen functional groups attached to an aromatic ring is 1. The van der Waals surface area contributed by atoms with Gasteiger partial charge in [0.2, 0.25) is 0 Å². The zero-order valence-electron chi connectivity index (χ0n) is 8.59. The predicted octanol–water partition coefficient (Wildman–Crippen LogP) is 0.957. The van der Waals surface area contributed by atoms with Gasteiger partial charge in [0, 0.05) is 18.9 Å². The van der Waals surface area contributed by atoms with Crippen LogP contribution in [0.25, 0.3) is 0 Å². The fourth-order valence-corrected chi connectivity index (χ4v) is 2.03. The van der Waals surface area contributed by atoms with Gasteiger partial charge >= 0.3 is 0 Å². The summed E-state index contributed by atoms with van der Waals surface area (Å²) in [4.78, 5) is 12.2. The van der Waals surface area contributed by atoms with Gasteiger partial charge in [0.15, 0.2) is 0 Å². The van der Waals surface area contributed by atoms with Gasteiger partial charge in [0.1, 0.15) is 4.88 Å². The Kier molecular flexibility index (Phi) is 3.21. The SMILES string of the molecule is Nc1ccsc1C(=O)NCCn1cccn1. The molecule has 5 nitrogen and oxygen atoms in total. The molecule has 0 fully saturated rings. The molecule has 2 heterocycles. The van der Waals surface area contributed by atoms with E-state index in [-0.39, 0.29) is 5.91 Å². The molecular weight excluding hydrogens is 224 g/mol. The second-order valence-corrected chi connectivity index (χ2v) is 4.15. The molecule has 6 heteroatoms.